The highest BCUT2D eigenvalue weighted by Crippen LogP contribution is 2.42. The van der Waals surface area contributed by atoms with E-state index in [0.717, 1.165) is 15.9 Å². The lowest BCUT2D eigenvalue weighted by atomic mass is 9.94. The molecule has 1 aliphatic rings. The molecule has 0 saturated heterocycles. The monoisotopic (exact) mass is 524 g/mol. The molecule has 9 nitrogen and oxygen atoms in total. The van der Waals surface area contributed by atoms with Crippen LogP contribution < -0.4 is 20.5 Å². The highest BCUT2D eigenvalue weighted by atomic mass is 32.2. The van der Waals surface area contributed by atoms with Gasteiger partial charge in [0.15, 0.2) is 0 Å². The molecule has 0 bridgehead atoms. The number of nitrogens with zero attached hydrogens (tertiary/aromatic N) is 1. The predicted molar refractivity (Wildman–Crippen MR) is 133 cm³/mol. The second kappa shape index (κ2) is 9.17. The van der Waals surface area contributed by atoms with Crippen molar-refractivity contribution in [2.45, 2.75) is 17.7 Å². The van der Waals surface area contributed by atoms with E-state index in [1.807, 2.05) is 0 Å². The van der Waals surface area contributed by atoms with E-state index < -0.39 is 27.3 Å². The molecule has 4 heterocycles. The number of fused-ring (bicyclic) bond motifs is 1. The Kier molecular flexibility index (Phi) is 6.02. The van der Waals surface area contributed by atoms with Crippen LogP contribution in [0, 0.1) is 0 Å². The van der Waals surface area contributed by atoms with E-state index in [1.54, 1.807) is 49.4 Å². The molecule has 184 valence electrons. The average molecular weight is 525 g/mol. The number of nitrogens with two attached hydrogens (primary N) is 1. The van der Waals surface area contributed by atoms with E-state index in [0.29, 0.717) is 5.76 Å². The standard InChI is InChI=1S/C25H20N2O7S2/c1-2-32-25(29)20-19(17-11-7-13-34-17)21(36(30,31)16-9-4-3-5-10-16)22(26)27-23(28)18(35-24(20)27)14-15-8-6-12-33-15/h3-14,19H,2,26H2,1H3/b18-14-/t19-/m0/s1. The molecule has 0 aliphatic carbocycles. The van der Waals surface area contributed by atoms with Crippen LogP contribution in [0.15, 0.2) is 90.6 Å². The first-order valence-corrected chi connectivity index (χ1v) is 13.2. The molecule has 2 N–H and O–H groups in total. The van der Waals surface area contributed by atoms with Gasteiger partial charge in [0, 0.05) is 6.08 Å². The van der Waals surface area contributed by atoms with Gasteiger partial charge < -0.3 is 19.3 Å². The molecule has 4 aromatic rings. The number of hydrogen-bond acceptors (Lipinski definition) is 9. The van der Waals surface area contributed by atoms with Crippen molar-refractivity contribution in [3.8, 4) is 0 Å². The van der Waals surface area contributed by atoms with Crippen LogP contribution in [0.5, 0.6) is 0 Å². The number of rotatable bonds is 6. The molecule has 3 aromatic heterocycles. The molecular weight excluding hydrogens is 504 g/mol. The summed E-state index contributed by atoms with van der Waals surface area (Å²) in [5, 5.41) is 0. The Hall–Kier alpha value is -4.09. The van der Waals surface area contributed by atoms with E-state index >= 15 is 0 Å². The summed E-state index contributed by atoms with van der Waals surface area (Å²) < 4.78 is 45.5. The Morgan fingerprint density at radius 1 is 1.11 bits per heavy atom. The predicted octanol–water partition coefficient (Wildman–Crippen LogP) is 1.99. The molecule has 0 amide bonds. The fraction of sp³-hybridized carbons (Fsp3) is 0.120. The van der Waals surface area contributed by atoms with Crippen molar-refractivity contribution in [2.75, 3.05) is 6.61 Å². The van der Waals surface area contributed by atoms with Gasteiger partial charge in [-0.3, -0.25) is 9.36 Å². The van der Waals surface area contributed by atoms with Gasteiger partial charge in [-0.2, -0.15) is 0 Å². The number of esters is 1. The first-order valence-electron chi connectivity index (χ1n) is 10.9. The molecule has 0 radical (unpaired) electrons. The molecular formula is C25H20N2O7S2. The lowest BCUT2D eigenvalue weighted by Gasteiger charge is -2.26. The summed E-state index contributed by atoms with van der Waals surface area (Å²) in [4.78, 5) is 26.4. The van der Waals surface area contributed by atoms with Crippen molar-refractivity contribution >= 4 is 44.6 Å². The van der Waals surface area contributed by atoms with Gasteiger partial charge in [0.25, 0.3) is 5.56 Å². The van der Waals surface area contributed by atoms with Gasteiger partial charge in [-0.1, -0.05) is 18.2 Å². The van der Waals surface area contributed by atoms with Crippen LogP contribution >= 0.6 is 11.3 Å². The van der Waals surface area contributed by atoms with Gasteiger partial charge in [0.05, 0.1) is 40.1 Å². The summed E-state index contributed by atoms with van der Waals surface area (Å²) >= 11 is 0.982. The number of ether oxygens (including phenoxy) is 1. The number of carbonyl (C=O) groups excluding carboxylic acids is 1. The van der Waals surface area contributed by atoms with Gasteiger partial charge in [-0.15, -0.1) is 11.3 Å². The molecule has 1 atom stereocenters. The quantitative estimate of drug-likeness (QED) is 0.379. The zero-order chi connectivity index (χ0) is 25.4. The van der Waals surface area contributed by atoms with Gasteiger partial charge in [-0.25, -0.2) is 13.2 Å². The van der Waals surface area contributed by atoms with Crippen molar-refractivity contribution in [3.63, 3.8) is 0 Å². The molecule has 36 heavy (non-hydrogen) atoms. The maximum atomic E-state index is 13.9. The largest absolute Gasteiger partial charge is 0.468 e. The fourth-order valence-electron chi connectivity index (χ4n) is 4.06. The van der Waals surface area contributed by atoms with E-state index in [4.69, 9.17) is 19.3 Å². The molecule has 0 saturated carbocycles. The third kappa shape index (κ3) is 3.82. The highest BCUT2D eigenvalue weighted by molar-refractivity contribution is 7.95. The Bertz CT molecular complexity index is 1740. The van der Waals surface area contributed by atoms with Crippen LogP contribution in [0.1, 0.15) is 24.4 Å². The minimum Gasteiger partial charge on any atom is -0.468 e. The van der Waals surface area contributed by atoms with Gasteiger partial charge in [0.1, 0.15) is 26.9 Å². The Labute approximate surface area is 209 Å². The number of hydrogen-bond donors (Lipinski definition) is 1. The first kappa shape index (κ1) is 23.6. The summed E-state index contributed by atoms with van der Waals surface area (Å²) in [6, 6.07) is 14.1. The van der Waals surface area contributed by atoms with Crippen LogP contribution in [-0.4, -0.2) is 25.6 Å². The van der Waals surface area contributed by atoms with E-state index in [1.165, 1.54) is 30.7 Å². The summed E-state index contributed by atoms with van der Waals surface area (Å²) in [5.41, 5.74) is 5.81. The molecule has 5 rings (SSSR count). The van der Waals surface area contributed by atoms with E-state index in [-0.39, 0.29) is 42.8 Å². The lowest BCUT2D eigenvalue weighted by Crippen LogP contribution is -2.41. The number of allylic oxidation sites excluding steroid dienone is 1. The topological polar surface area (TPSA) is 135 Å². The van der Waals surface area contributed by atoms with Gasteiger partial charge in [0.2, 0.25) is 9.84 Å². The average Bonchev–Trinajstić information content (AvgIpc) is 3.63. The van der Waals surface area contributed by atoms with Crippen molar-refractivity contribution in [3.05, 3.63) is 103 Å². The van der Waals surface area contributed by atoms with Crippen LogP contribution in [0.2, 0.25) is 0 Å². The lowest BCUT2D eigenvalue weighted by molar-refractivity contribution is -0.136. The van der Waals surface area contributed by atoms with Crippen LogP contribution in [-0.2, 0) is 19.4 Å². The SMILES string of the molecule is CCOC(=O)C1=c2s/c(=C\c3ccco3)c(=O)n2C(N)=C(S(=O)(=O)c2ccccc2)[C@H]1c1ccco1. The number of thiazole rings is 1. The number of carbonyl (C=O) groups is 1. The zero-order valence-electron chi connectivity index (χ0n) is 18.9. The van der Waals surface area contributed by atoms with E-state index in [9.17, 15) is 18.0 Å². The Balaban J connectivity index is 1.92. The van der Waals surface area contributed by atoms with Crippen molar-refractivity contribution in [1.82, 2.24) is 4.57 Å². The van der Waals surface area contributed by atoms with Crippen LogP contribution in [0.3, 0.4) is 0 Å². The third-order valence-electron chi connectivity index (χ3n) is 5.58. The van der Waals surface area contributed by atoms with Crippen molar-refractivity contribution < 1.29 is 26.8 Å². The second-order valence-corrected chi connectivity index (χ2v) is 10.7. The van der Waals surface area contributed by atoms with E-state index in [2.05, 4.69) is 0 Å². The van der Waals surface area contributed by atoms with Gasteiger partial charge in [-0.05, 0) is 43.3 Å². The van der Waals surface area contributed by atoms with Crippen molar-refractivity contribution in [2.24, 2.45) is 5.73 Å². The summed E-state index contributed by atoms with van der Waals surface area (Å²) in [6.07, 6.45) is 4.33. The molecule has 0 spiro atoms. The zero-order valence-corrected chi connectivity index (χ0v) is 20.5. The normalized spacial score (nSPS) is 16.3. The smallest absolute Gasteiger partial charge is 0.338 e. The maximum absolute atomic E-state index is 13.9. The second-order valence-electron chi connectivity index (χ2n) is 7.72. The number of aromatic nitrogens is 1. The fourth-order valence-corrected chi connectivity index (χ4v) is 6.88. The molecule has 0 fully saturated rings. The summed E-state index contributed by atoms with van der Waals surface area (Å²) in [7, 11) is -4.29. The van der Waals surface area contributed by atoms with Crippen LogP contribution in [0.25, 0.3) is 17.5 Å². The molecule has 11 heteroatoms. The Morgan fingerprint density at radius 2 is 1.83 bits per heavy atom. The molecule has 0 unspecified atom stereocenters. The number of furan rings is 2. The van der Waals surface area contributed by atoms with Crippen molar-refractivity contribution in [1.29, 1.82) is 0 Å². The highest BCUT2D eigenvalue weighted by Gasteiger charge is 2.43. The number of benzene rings is 1. The third-order valence-corrected chi connectivity index (χ3v) is 8.61. The van der Waals surface area contributed by atoms with Gasteiger partial charge >= 0.3 is 5.97 Å². The number of sulfone groups is 1. The van der Waals surface area contributed by atoms with Crippen LogP contribution in [0.4, 0.5) is 0 Å². The minimum absolute atomic E-state index is 0.0359. The maximum Gasteiger partial charge on any atom is 0.338 e. The first-order chi connectivity index (χ1) is 17.3. The summed E-state index contributed by atoms with van der Waals surface area (Å²) in [5.74, 6) is -1.76. The Morgan fingerprint density at radius 3 is 2.47 bits per heavy atom. The minimum atomic E-state index is -4.29. The molecule has 1 aromatic carbocycles. The molecule has 1 aliphatic heterocycles. The summed E-state index contributed by atoms with van der Waals surface area (Å²) in [6.45, 7) is 1.67.